The average molecular weight is 387 g/mol. The van der Waals surface area contributed by atoms with Gasteiger partial charge in [-0.1, -0.05) is 18.2 Å². The van der Waals surface area contributed by atoms with Gasteiger partial charge in [-0.05, 0) is 32.4 Å². The van der Waals surface area contributed by atoms with E-state index in [1.165, 1.54) is 4.90 Å². The molecule has 1 saturated heterocycles. The zero-order valence-corrected chi connectivity index (χ0v) is 16.4. The van der Waals surface area contributed by atoms with E-state index >= 15 is 0 Å². The number of nitrogens with zero attached hydrogens (tertiary/aromatic N) is 2. The summed E-state index contributed by atoms with van der Waals surface area (Å²) in [4.78, 5) is 52.5. The van der Waals surface area contributed by atoms with E-state index < -0.39 is 23.4 Å². The monoisotopic (exact) mass is 387 g/mol. The Labute approximate surface area is 163 Å². The minimum atomic E-state index is -1.27. The summed E-state index contributed by atoms with van der Waals surface area (Å²) in [6.07, 6.45) is 0.309. The molecule has 8 heteroatoms. The van der Waals surface area contributed by atoms with E-state index in [-0.39, 0.29) is 38.1 Å². The molecule has 1 aromatic carbocycles. The van der Waals surface area contributed by atoms with Gasteiger partial charge in [0.2, 0.25) is 0 Å². The summed E-state index contributed by atoms with van der Waals surface area (Å²) in [5.41, 5.74) is 0.000216. The fourth-order valence-electron chi connectivity index (χ4n) is 3.57. The highest BCUT2D eigenvalue weighted by Gasteiger charge is 2.45. The highest BCUT2D eigenvalue weighted by molar-refractivity contribution is 6.35. The van der Waals surface area contributed by atoms with Gasteiger partial charge in [0.05, 0.1) is 5.56 Å². The number of esters is 1. The summed E-state index contributed by atoms with van der Waals surface area (Å²) < 4.78 is 5.50. The number of fused-ring (bicyclic) bond motifs is 1. The standard InChI is InChI=1S/C20H25N3O5/c1-13(2)21-16(24)17(25)22-8-10-23(11-9-22)19(27)20(3)12-14-6-4-5-7-15(14)18(26)28-20/h4-7,13H,8-12H2,1-3H3,(H,21,24). The quantitative estimate of drug-likeness (QED) is 0.584. The first-order chi connectivity index (χ1) is 13.2. The van der Waals surface area contributed by atoms with Crippen molar-refractivity contribution in [2.45, 2.75) is 38.8 Å². The van der Waals surface area contributed by atoms with Gasteiger partial charge >= 0.3 is 17.8 Å². The summed E-state index contributed by atoms with van der Waals surface area (Å²) >= 11 is 0. The van der Waals surface area contributed by atoms with Crippen LogP contribution < -0.4 is 5.32 Å². The van der Waals surface area contributed by atoms with E-state index in [1.807, 2.05) is 12.1 Å². The van der Waals surface area contributed by atoms with E-state index in [2.05, 4.69) is 5.32 Å². The van der Waals surface area contributed by atoms with Crippen molar-refractivity contribution < 1.29 is 23.9 Å². The lowest BCUT2D eigenvalue weighted by molar-refractivity contribution is -0.156. The molecule has 3 rings (SSSR count). The number of rotatable bonds is 2. The Kier molecular flexibility index (Phi) is 5.40. The van der Waals surface area contributed by atoms with Crippen molar-refractivity contribution in [3.05, 3.63) is 35.4 Å². The molecule has 2 aliphatic rings. The minimum absolute atomic E-state index is 0.122. The van der Waals surface area contributed by atoms with Crippen molar-refractivity contribution in [1.82, 2.24) is 15.1 Å². The van der Waals surface area contributed by atoms with Gasteiger partial charge in [-0.15, -0.1) is 0 Å². The molecule has 1 atom stereocenters. The fourth-order valence-corrected chi connectivity index (χ4v) is 3.57. The molecule has 0 radical (unpaired) electrons. The molecule has 1 fully saturated rings. The number of piperazine rings is 1. The van der Waals surface area contributed by atoms with Crippen LogP contribution in [-0.2, 0) is 25.5 Å². The molecule has 1 aromatic rings. The lowest BCUT2D eigenvalue weighted by Crippen LogP contribution is -2.59. The largest absolute Gasteiger partial charge is 0.445 e. The molecule has 28 heavy (non-hydrogen) atoms. The Balaban J connectivity index is 1.63. The van der Waals surface area contributed by atoms with Crippen LogP contribution in [0.1, 0.15) is 36.7 Å². The molecule has 1 unspecified atom stereocenters. The number of amides is 3. The Morgan fingerprint density at radius 3 is 2.32 bits per heavy atom. The van der Waals surface area contributed by atoms with Crippen molar-refractivity contribution in [3.8, 4) is 0 Å². The van der Waals surface area contributed by atoms with Crippen LogP contribution in [0.4, 0.5) is 0 Å². The number of hydrogen-bond acceptors (Lipinski definition) is 5. The number of hydrogen-bond donors (Lipinski definition) is 1. The third-order valence-electron chi connectivity index (χ3n) is 5.00. The number of carbonyl (C=O) groups excluding carboxylic acids is 4. The summed E-state index contributed by atoms with van der Waals surface area (Å²) in [6.45, 7) is 6.28. The van der Waals surface area contributed by atoms with Crippen molar-refractivity contribution >= 4 is 23.7 Å². The van der Waals surface area contributed by atoms with Gasteiger partial charge in [0.25, 0.3) is 5.91 Å². The summed E-state index contributed by atoms with van der Waals surface area (Å²) in [7, 11) is 0. The first-order valence-electron chi connectivity index (χ1n) is 9.41. The van der Waals surface area contributed by atoms with Crippen LogP contribution in [0.2, 0.25) is 0 Å². The molecule has 0 aromatic heterocycles. The highest BCUT2D eigenvalue weighted by atomic mass is 16.6. The Morgan fingerprint density at radius 1 is 1.07 bits per heavy atom. The van der Waals surface area contributed by atoms with Crippen LogP contribution in [0.3, 0.4) is 0 Å². The molecule has 2 heterocycles. The van der Waals surface area contributed by atoms with Gasteiger partial charge in [-0.2, -0.15) is 0 Å². The molecule has 0 saturated carbocycles. The van der Waals surface area contributed by atoms with Crippen molar-refractivity contribution in [1.29, 1.82) is 0 Å². The summed E-state index contributed by atoms with van der Waals surface area (Å²) in [6, 6.07) is 6.98. The van der Waals surface area contributed by atoms with Crippen LogP contribution in [0, 0.1) is 0 Å². The number of ether oxygens (including phenoxy) is 1. The molecule has 3 amide bonds. The molecule has 2 aliphatic heterocycles. The molecule has 0 spiro atoms. The van der Waals surface area contributed by atoms with Crippen molar-refractivity contribution in [3.63, 3.8) is 0 Å². The van der Waals surface area contributed by atoms with Gasteiger partial charge in [-0.3, -0.25) is 14.4 Å². The maximum atomic E-state index is 13.1. The zero-order chi connectivity index (χ0) is 20.5. The van der Waals surface area contributed by atoms with E-state index in [0.29, 0.717) is 12.0 Å². The van der Waals surface area contributed by atoms with E-state index in [0.717, 1.165) is 5.56 Å². The smallest absolute Gasteiger partial charge is 0.339 e. The lowest BCUT2D eigenvalue weighted by Gasteiger charge is -2.40. The first-order valence-corrected chi connectivity index (χ1v) is 9.41. The maximum Gasteiger partial charge on any atom is 0.339 e. The molecule has 0 bridgehead atoms. The van der Waals surface area contributed by atoms with Gasteiger partial charge in [0.1, 0.15) is 0 Å². The van der Waals surface area contributed by atoms with Crippen LogP contribution in [0.5, 0.6) is 0 Å². The SMILES string of the molecule is CC(C)NC(=O)C(=O)N1CCN(C(=O)C2(C)Cc3ccccc3C(=O)O2)CC1. The van der Waals surface area contributed by atoms with Crippen LogP contribution in [0.15, 0.2) is 24.3 Å². The van der Waals surface area contributed by atoms with Crippen LogP contribution in [0.25, 0.3) is 0 Å². The molecule has 0 aliphatic carbocycles. The Bertz CT molecular complexity index is 814. The predicted molar refractivity (Wildman–Crippen MR) is 100 cm³/mol. The van der Waals surface area contributed by atoms with E-state index in [9.17, 15) is 19.2 Å². The van der Waals surface area contributed by atoms with Gasteiger partial charge in [-0.25, -0.2) is 4.79 Å². The number of carbonyl (C=O) groups is 4. The fraction of sp³-hybridized carbons (Fsp3) is 0.500. The molecule has 1 N–H and O–H groups in total. The van der Waals surface area contributed by atoms with Gasteiger partial charge < -0.3 is 19.9 Å². The molecule has 150 valence electrons. The van der Waals surface area contributed by atoms with E-state index in [1.54, 1.807) is 37.8 Å². The second-order valence-corrected chi connectivity index (χ2v) is 7.67. The predicted octanol–water partition coefficient (Wildman–Crippen LogP) is 0.354. The maximum absolute atomic E-state index is 13.1. The minimum Gasteiger partial charge on any atom is -0.445 e. The first kappa shape index (κ1) is 19.9. The van der Waals surface area contributed by atoms with Crippen LogP contribution >= 0.6 is 0 Å². The number of nitrogens with one attached hydrogen (secondary N) is 1. The van der Waals surface area contributed by atoms with Crippen molar-refractivity contribution in [2.75, 3.05) is 26.2 Å². The average Bonchev–Trinajstić information content (AvgIpc) is 2.66. The molecular formula is C20H25N3O5. The second kappa shape index (κ2) is 7.61. The number of cyclic esters (lactones) is 1. The van der Waals surface area contributed by atoms with Crippen molar-refractivity contribution in [2.24, 2.45) is 0 Å². The Hall–Kier alpha value is -2.90. The van der Waals surface area contributed by atoms with Gasteiger partial charge in [0, 0.05) is 38.6 Å². The summed E-state index contributed by atoms with van der Waals surface area (Å²) in [5.74, 6) is -2.02. The lowest BCUT2D eigenvalue weighted by atomic mass is 9.88. The summed E-state index contributed by atoms with van der Waals surface area (Å²) in [5, 5.41) is 2.58. The normalized spacial score (nSPS) is 21.8. The molecule has 8 nitrogen and oxygen atoms in total. The van der Waals surface area contributed by atoms with Gasteiger partial charge in [0.15, 0.2) is 5.60 Å². The third-order valence-corrected chi connectivity index (χ3v) is 5.00. The van der Waals surface area contributed by atoms with E-state index in [4.69, 9.17) is 4.74 Å². The topological polar surface area (TPSA) is 96.0 Å². The number of benzene rings is 1. The molecular weight excluding hydrogens is 362 g/mol. The zero-order valence-electron chi connectivity index (χ0n) is 16.4. The van der Waals surface area contributed by atoms with Crippen LogP contribution in [-0.4, -0.2) is 71.3 Å². The highest BCUT2D eigenvalue weighted by Crippen LogP contribution is 2.30. The second-order valence-electron chi connectivity index (χ2n) is 7.67. The third kappa shape index (κ3) is 3.85. The Morgan fingerprint density at radius 2 is 1.68 bits per heavy atom.